The number of amidine groups is 1. The van der Waals surface area contributed by atoms with E-state index in [1.165, 1.54) is 24.6 Å². The molecule has 0 amide bonds. The number of rotatable bonds is 6. The van der Waals surface area contributed by atoms with Crippen LogP contribution in [0, 0.1) is 11.5 Å². The van der Waals surface area contributed by atoms with Gasteiger partial charge in [-0.3, -0.25) is 10.3 Å². The van der Waals surface area contributed by atoms with Crippen molar-refractivity contribution in [2.45, 2.75) is 52.0 Å². The van der Waals surface area contributed by atoms with E-state index in [-0.39, 0.29) is 0 Å². The van der Waals surface area contributed by atoms with Crippen molar-refractivity contribution < 1.29 is 0 Å². The van der Waals surface area contributed by atoms with E-state index in [4.69, 9.17) is 5.26 Å². The summed E-state index contributed by atoms with van der Waals surface area (Å²) in [6.45, 7) is 4.36. The third-order valence-electron chi connectivity index (χ3n) is 2.17. The van der Waals surface area contributed by atoms with Crippen LogP contribution in [0.1, 0.15) is 46.0 Å². The predicted octanol–water partition coefficient (Wildman–Crippen LogP) is 3.13. The number of nitrogens with zero attached hydrogens (tertiary/aromatic N) is 2. The zero-order valence-corrected chi connectivity index (χ0v) is 10.7. The Balaban J connectivity index is 4.26. The molecule has 0 bridgehead atoms. The summed E-state index contributed by atoms with van der Waals surface area (Å²) in [5.41, 5.74) is 0. The summed E-state index contributed by atoms with van der Waals surface area (Å²) >= 11 is 1.50. The zero-order chi connectivity index (χ0) is 11.5. The molecular formula is C11H21N3S. The summed E-state index contributed by atoms with van der Waals surface area (Å²) in [5.74, 6) is 0. The van der Waals surface area contributed by atoms with Crippen molar-refractivity contribution in [1.29, 1.82) is 5.26 Å². The van der Waals surface area contributed by atoms with E-state index >= 15 is 0 Å². The topological polar surface area (TPSA) is 48.2 Å². The van der Waals surface area contributed by atoms with Gasteiger partial charge in [-0.2, -0.15) is 5.26 Å². The van der Waals surface area contributed by atoms with Gasteiger partial charge in [-0.1, -0.05) is 44.9 Å². The molecule has 1 atom stereocenters. The Morgan fingerprint density at radius 1 is 1.40 bits per heavy atom. The molecule has 86 valence electrons. The fraction of sp³-hybridized carbons (Fsp3) is 0.818. The Bertz CT molecular complexity index is 220. The lowest BCUT2D eigenvalue weighted by Gasteiger charge is -2.12. The lowest BCUT2D eigenvalue weighted by Crippen LogP contribution is -2.17. The molecule has 0 aliphatic heterocycles. The van der Waals surface area contributed by atoms with Crippen LogP contribution in [0.5, 0.6) is 0 Å². The summed E-state index contributed by atoms with van der Waals surface area (Å²) in [4.78, 5) is 4.56. The average molecular weight is 227 g/mol. The first kappa shape index (κ1) is 14.3. The molecule has 0 aromatic carbocycles. The minimum atomic E-state index is 0.373. The largest absolute Gasteiger partial charge is 0.272 e. The number of hydrogen-bond acceptors (Lipinski definition) is 3. The van der Waals surface area contributed by atoms with Gasteiger partial charge >= 0.3 is 0 Å². The number of unbranched alkanes of at least 4 members (excludes halogenated alkanes) is 1. The molecule has 0 fully saturated rings. The molecule has 1 unspecified atom stereocenters. The molecule has 0 radical (unpaired) electrons. The number of nitrogens with one attached hydrogen (secondary N) is 1. The van der Waals surface area contributed by atoms with Gasteiger partial charge in [-0.05, 0) is 19.1 Å². The first-order chi connectivity index (χ1) is 7.28. The third kappa shape index (κ3) is 7.26. The molecule has 0 aliphatic rings. The van der Waals surface area contributed by atoms with Crippen molar-refractivity contribution in [1.82, 2.24) is 5.32 Å². The maximum atomic E-state index is 8.53. The van der Waals surface area contributed by atoms with Crippen LogP contribution in [0.4, 0.5) is 0 Å². The van der Waals surface area contributed by atoms with Crippen LogP contribution in [-0.2, 0) is 0 Å². The van der Waals surface area contributed by atoms with Crippen LogP contribution in [0.15, 0.2) is 4.99 Å². The number of nitriles is 1. The van der Waals surface area contributed by atoms with Gasteiger partial charge in [0.05, 0.1) is 6.04 Å². The second-order valence-electron chi connectivity index (χ2n) is 3.46. The first-order valence-corrected chi connectivity index (χ1v) is 6.77. The normalized spacial score (nSPS) is 13.3. The summed E-state index contributed by atoms with van der Waals surface area (Å²) in [7, 11) is 0. The fourth-order valence-electron chi connectivity index (χ4n) is 1.40. The third-order valence-corrected chi connectivity index (χ3v) is 2.76. The van der Waals surface area contributed by atoms with Crippen molar-refractivity contribution in [2.24, 2.45) is 4.99 Å². The van der Waals surface area contributed by atoms with Gasteiger partial charge < -0.3 is 0 Å². The molecule has 1 N–H and O–H groups in total. The molecule has 0 aliphatic carbocycles. The van der Waals surface area contributed by atoms with Gasteiger partial charge in [0.15, 0.2) is 11.4 Å². The second-order valence-corrected chi connectivity index (χ2v) is 4.25. The summed E-state index contributed by atoms with van der Waals surface area (Å²) in [6, 6.07) is 0.373. The Kier molecular flexibility index (Phi) is 9.40. The quantitative estimate of drug-likeness (QED) is 0.328. The van der Waals surface area contributed by atoms with Crippen LogP contribution in [-0.4, -0.2) is 17.5 Å². The summed E-state index contributed by atoms with van der Waals surface area (Å²) < 4.78 is 0. The van der Waals surface area contributed by atoms with E-state index in [1.807, 2.05) is 12.4 Å². The molecule has 0 saturated heterocycles. The van der Waals surface area contributed by atoms with E-state index < -0.39 is 0 Å². The lowest BCUT2D eigenvalue weighted by atomic mass is 10.1. The highest BCUT2D eigenvalue weighted by molar-refractivity contribution is 8.13. The van der Waals surface area contributed by atoms with E-state index in [0.29, 0.717) is 6.04 Å². The van der Waals surface area contributed by atoms with E-state index in [9.17, 15) is 0 Å². The van der Waals surface area contributed by atoms with Gasteiger partial charge in [0.1, 0.15) is 0 Å². The Hall–Kier alpha value is -0.690. The predicted molar refractivity (Wildman–Crippen MR) is 67.9 cm³/mol. The first-order valence-electron chi connectivity index (χ1n) is 5.55. The Labute approximate surface area is 97.3 Å². The van der Waals surface area contributed by atoms with Crippen molar-refractivity contribution in [2.75, 3.05) is 6.26 Å². The van der Waals surface area contributed by atoms with Gasteiger partial charge in [0.25, 0.3) is 0 Å². The minimum absolute atomic E-state index is 0.373. The smallest absolute Gasteiger partial charge is 0.183 e. The number of aliphatic imine (C=N–C) groups is 1. The minimum Gasteiger partial charge on any atom is -0.272 e. The monoisotopic (exact) mass is 227 g/mol. The summed E-state index contributed by atoms with van der Waals surface area (Å²) in [5, 5.41) is 11.9. The van der Waals surface area contributed by atoms with Crippen molar-refractivity contribution in [3.05, 3.63) is 0 Å². The van der Waals surface area contributed by atoms with Gasteiger partial charge in [0.2, 0.25) is 0 Å². The zero-order valence-electron chi connectivity index (χ0n) is 9.92. The fourth-order valence-corrected chi connectivity index (χ4v) is 1.80. The van der Waals surface area contributed by atoms with Crippen LogP contribution in [0.25, 0.3) is 0 Å². The molecule has 3 nitrogen and oxygen atoms in total. The highest BCUT2D eigenvalue weighted by atomic mass is 32.2. The van der Waals surface area contributed by atoms with Gasteiger partial charge in [-0.15, -0.1) is 0 Å². The maximum absolute atomic E-state index is 8.53. The molecular weight excluding hydrogens is 206 g/mol. The van der Waals surface area contributed by atoms with Crippen molar-refractivity contribution >= 4 is 16.9 Å². The average Bonchev–Trinajstić information content (AvgIpc) is 2.25. The van der Waals surface area contributed by atoms with Crippen molar-refractivity contribution in [3.63, 3.8) is 0 Å². The van der Waals surface area contributed by atoms with Gasteiger partial charge in [-0.25, -0.2) is 0 Å². The van der Waals surface area contributed by atoms with Crippen LogP contribution in [0.3, 0.4) is 0 Å². The standard InChI is InChI=1S/C11H21N3S/c1-4-6-8-10(7-5-2)14-11(15-3)13-9-12/h10H,4-8H2,1-3H3,(H,13,14). The van der Waals surface area contributed by atoms with E-state index in [1.54, 1.807) is 0 Å². The van der Waals surface area contributed by atoms with Crippen LogP contribution >= 0.6 is 11.8 Å². The Morgan fingerprint density at radius 2 is 2.13 bits per heavy atom. The lowest BCUT2D eigenvalue weighted by molar-refractivity contribution is 0.537. The molecule has 0 heterocycles. The molecule has 15 heavy (non-hydrogen) atoms. The van der Waals surface area contributed by atoms with Crippen LogP contribution < -0.4 is 5.32 Å². The number of thioether (sulfide) groups is 1. The molecule has 0 spiro atoms. The number of hydrogen-bond donors (Lipinski definition) is 1. The highest BCUT2D eigenvalue weighted by Gasteiger charge is 2.06. The molecule has 0 rings (SSSR count). The molecule has 0 saturated carbocycles. The molecule has 0 aromatic heterocycles. The molecule has 4 heteroatoms. The summed E-state index contributed by atoms with van der Waals surface area (Å²) in [6.07, 6.45) is 9.65. The SMILES string of the molecule is CCCCC(CCC)N=C(NC#N)SC. The van der Waals surface area contributed by atoms with E-state index in [2.05, 4.69) is 24.2 Å². The highest BCUT2D eigenvalue weighted by Crippen LogP contribution is 2.12. The molecule has 0 aromatic rings. The van der Waals surface area contributed by atoms with Crippen molar-refractivity contribution in [3.8, 4) is 6.19 Å². The second kappa shape index (κ2) is 9.85. The van der Waals surface area contributed by atoms with Gasteiger partial charge in [0, 0.05) is 0 Å². The Morgan fingerprint density at radius 3 is 2.60 bits per heavy atom. The van der Waals surface area contributed by atoms with E-state index in [0.717, 1.165) is 24.4 Å². The van der Waals surface area contributed by atoms with Crippen LogP contribution in [0.2, 0.25) is 0 Å². The maximum Gasteiger partial charge on any atom is 0.183 e.